The Balaban J connectivity index is 2.22. The van der Waals surface area contributed by atoms with E-state index in [0.29, 0.717) is 19.8 Å². The fraction of sp³-hybridized carbons (Fsp3) is 0.538. The highest BCUT2D eigenvalue weighted by atomic mass is 127. The third-order valence-electron chi connectivity index (χ3n) is 2.38. The lowest BCUT2D eigenvalue weighted by molar-refractivity contribution is 0.0502. The number of halogens is 1. The first kappa shape index (κ1) is 17.8. The molecule has 1 aromatic rings. The molecule has 1 rings (SSSR count). The van der Waals surface area contributed by atoms with Gasteiger partial charge in [-0.2, -0.15) is 0 Å². The molecule has 0 aromatic heterocycles. The molecule has 0 fully saturated rings. The van der Waals surface area contributed by atoms with Gasteiger partial charge in [-0.15, -0.1) is 0 Å². The Morgan fingerprint density at radius 3 is 2.25 bits per heavy atom. The summed E-state index contributed by atoms with van der Waals surface area (Å²) in [5.74, 6) is 0. The van der Waals surface area contributed by atoms with Crippen LogP contribution in [0.1, 0.15) is 13.3 Å². The van der Waals surface area contributed by atoms with E-state index in [2.05, 4.69) is 27.3 Å². The van der Waals surface area contributed by atoms with Crippen LogP contribution in [-0.2, 0) is 19.5 Å². The molecule has 0 aliphatic carbocycles. The SMILES string of the molecule is CCCOCCOCCNS(=O)(=O)c1ccc(I)cc1. The van der Waals surface area contributed by atoms with Crippen molar-refractivity contribution in [1.82, 2.24) is 4.72 Å². The Hall–Kier alpha value is -0.220. The third-order valence-corrected chi connectivity index (χ3v) is 4.58. The van der Waals surface area contributed by atoms with Gasteiger partial charge in [0, 0.05) is 16.7 Å². The number of hydrogen-bond donors (Lipinski definition) is 1. The Labute approximate surface area is 134 Å². The van der Waals surface area contributed by atoms with Gasteiger partial charge in [0.05, 0.1) is 24.7 Å². The molecule has 7 heteroatoms. The highest BCUT2D eigenvalue weighted by Crippen LogP contribution is 2.11. The summed E-state index contributed by atoms with van der Waals surface area (Å²) in [6.45, 7) is 4.37. The second kappa shape index (κ2) is 9.67. The minimum atomic E-state index is -3.44. The van der Waals surface area contributed by atoms with E-state index in [9.17, 15) is 8.42 Å². The van der Waals surface area contributed by atoms with Crippen molar-refractivity contribution in [2.45, 2.75) is 18.2 Å². The van der Waals surface area contributed by atoms with E-state index in [1.165, 1.54) is 0 Å². The number of hydrogen-bond acceptors (Lipinski definition) is 4. The summed E-state index contributed by atoms with van der Waals surface area (Å²) in [6.07, 6.45) is 0.982. The average Bonchev–Trinajstić information content (AvgIpc) is 2.42. The molecule has 0 aliphatic rings. The van der Waals surface area contributed by atoms with Gasteiger partial charge >= 0.3 is 0 Å². The minimum Gasteiger partial charge on any atom is -0.379 e. The van der Waals surface area contributed by atoms with Crippen molar-refractivity contribution >= 4 is 32.6 Å². The fourth-order valence-corrected chi connectivity index (χ4v) is 2.78. The van der Waals surface area contributed by atoms with Crippen molar-refractivity contribution in [1.29, 1.82) is 0 Å². The summed E-state index contributed by atoms with van der Waals surface area (Å²) in [5.41, 5.74) is 0. The van der Waals surface area contributed by atoms with E-state index in [0.717, 1.165) is 16.6 Å². The van der Waals surface area contributed by atoms with Crippen LogP contribution in [0.25, 0.3) is 0 Å². The predicted molar refractivity (Wildman–Crippen MR) is 86.3 cm³/mol. The lowest BCUT2D eigenvalue weighted by Gasteiger charge is -2.08. The number of nitrogens with one attached hydrogen (secondary N) is 1. The van der Waals surface area contributed by atoms with Crippen molar-refractivity contribution in [3.8, 4) is 0 Å². The third kappa shape index (κ3) is 6.98. The van der Waals surface area contributed by atoms with Gasteiger partial charge in [0.2, 0.25) is 10.0 Å². The maximum absolute atomic E-state index is 11.9. The van der Waals surface area contributed by atoms with Crippen LogP contribution < -0.4 is 4.72 Å². The number of sulfonamides is 1. The first-order valence-electron chi connectivity index (χ1n) is 6.47. The number of benzene rings is 1. The zero-order valence-electron chi connectivity index (χ0n) is 11.5. The molecule has 5 nitrogen and oxygen atoms in total. The monoisotopic (exact) mass is 413 g/mol. The summed E-state index contributed by atoms with van der Waals surface area (Å²) in [4.78, 5) is 0.268. The van der Waals surface area contributed by atoms with Crippen molar-refractivity contribution in [3.63, 3.8) is 0 Å². The fourth-order valence-electron chi connectivity index (χ4n) is 1.41. The average molecular weight is 413 g/mol. The van der Waals surface area contributed by atoms with Gasteiger partial charge < -0.3 is 9.47 Å². The van der Waals surface area contributed by atoms with Gasteiger partial charge in [0.1, 0.15) is 0 Å². The molecule has 0 saturated heterocycles. The maximum atomic E-state index is 11.9. The summed E-state index contributed by atoms with van der Waals surface area (Å²) in [6, 6.07) is 6.69. The highest BCUT2D eigenvalue weighted by molar-refractivity contribution is 14.1. The van der Waals surface area contributed by atoms with Crippen LogP contribution in [0.5, 0.6) is 0 Å². The molecule has 0 saturated carbocycles. The van der Waals surface area contributed by atoms with Crippen LogP contribution in [0.2, 0.25) is 0 Å². The van der Waals surface area contributed by atoms with E-state index >= 15 is 0 Å². The molecule has 114 valence electrons. The largest absolute Gasteiger partial charge is 0.379 e. The molecule has 0 spiro atoms. The van der Waals surface area contributed by atoms with Gasteiger partial charge in [-0.3, -0.25) is 0 Å². The van der Waals surface area contributed by atoms with Crippen molar-refractivity contribution < 1.29 is 17.9 Å². The predicted octanol–water partition coefficient (Wildman–Crippen LogP) is 2.01. The van der Waals surface area contributed by atoms with Crippen LogP contribution >= 0.6 is 22.6 Å². The maximum Gasteiger partial charge on any atom is 0.240 e. The molecular formula is C13H20INO4S. The van der Waals surface area contributed by atoms with Crippen molar-refractivity contribution in [3.05, 3.63) is 27.8 Å². The topological polar surface area (TPSA) is 64.6 Å². The number of ether oxygens (including phenoxy) is 2. The molecule has 0 aliphatic heterocycles. The molecule has 0 unspecified atom stereocenters. The van der Waals surface area contributed by atoms with Crippen molar-refractivity contribution in [2.75, 3.05) is 33.0 Å². The Morgan fingerprint density at radius 1 is 1.05 bits per heavy atom. The van der Waals surface area contributed by atoms with E-state index < -0.39 is 10.0 Å². The summed E-state index contributed by atoms with van der Waals surface area (Å²) in [7, 11) is -3.44. The minimum absolute atomic E-state index is 0.252. The first-order valence-corrected chi connectivity index (χ1v) is 9.03. The van der Waals surface area contributed by atoms with Crippen LogP contribution in [0.15, 0.2) is 29.2 Å². The molecule has 0 bridgehead atoms. The van der Waals surface area contributed by atoms with Gasteiger partial charge in [0.25, 0.3) is 0 Å². The Morgan fingerprint density at radius 2 is 1.65 bits per heavy atom. The molecular weight excluding hydrogens is 393 g/mol. The Bertz CT molecular complexity index is 476. The smallest absolute Gasteiger partial charge is 0.240 e. The second-order valence-corrected chi connectivity index (χ2v) is 7.09. The van der Waals surface area contributed by atoms with E-state index in [4.69, 9.17) is 9.47 Å². The standard InChI is InChI=1S/C13H20INO4S/c1-2-8-18-10-11-19-9-7-15-20(16,17)13-5-3-12(14)4-6-13/h3-6,15H,2,7-11H2,1H3. The molecule has 0 amide bonds. The zero-order valence-corrected chi connectivity index (χ0v) is 14.4. The van der Waals surface area contributed by atoms with Crippen LogP contribution in [-0.4, -0.2) is 41.4 Å². The van der Waals surface area contributed by atoms with E-state index in [-0.39, 0.29) is 11.4 Å². The van der Waals surface area contributed by atoms with E-state index in [1.807, 2.05) is 6.92 Å². The molecule has 0 atom stereocenters. The molecule has 0 heterocycles. The quantitative estimate of drug-likeness (QED) is 0.471. The molecule has 20 heavy (non-hydrogen) atoms. The van der Waals surface area contributed by atoms with Crippen LogP contribution in [0, 0.1) is 3.57 Å². The van der Waals surface area contributed by atoms with Crippen molar-refractivity contribution in [2.24, 2.45) is 0 Å². The zero-order chi connectivity index (χ0) is 14.8. The summed E-state index contributed by atoms with van der Waals surface area (Å²) in [5, 5.41) is 0. The molecule has 0 radical (unpaired) electrons. The van der Waals surface area contributed by atoms with Gasteiger partial charge in [-0.05, 0) is 53.3 Å². The molecule has 1 aromatic carbocycles. The van der Waals surface area contributed by atoms with Gasteiger partial charge in [0.15, 0.2) is 0 Å². The molecule has 1 N–H and O–H groups in total. The van der Waals surface area contributed by atoms with Gasteiger partial charge in [-0.1, -0.05) is 6.92 Å². The van der Waals surface area contributed by atoms with Crippen LogP contribution in [0.4, 0.5) is 0 Å². The van der Waals surface area contributed by atoms with Gasteiger partial charge in [-0.25, -0.2) is 13.1 Å². The Kier molecular flexibility index (Phi) is 8.62. The second-order valence-electron chi connectivity index (χ2n) is 4.08. The lowest BCUT2D eigenvalue weighted by atomic mass is 10.4. The first-order chi connectivity index (χ1) is 9.56. The lowest BCUT2D eigenvalue weighted by Crippen LogP contribution is -2.27. The normalized spacial score (nSPS) is 11.7. The highest BCUT2D eigenvalue weighted by Gasteiger charge is 2.12. The van der Waals surface area contributed by atoms with E-state index in [1.54, 1.807) is 24.3 Å². The summed E-state index contributed by atoms with van der Waals surface area (Å²) < 4.78 is 37.9. The van der Waals surface area contributed by atoms with Crippen LogP contribution in [0.3, 0.4) is 0 Å². The summed E-state index contributed by atoms with van der Waals surface area (Å²) >= 11 is 2.13. The number of rotatable bonds is 10.